The number of fused-ring (bicyclic) bond motifs is 3. The first-order valence-electron chi connectivity index (χ1n) is 6.55. The van der Waals surface area contributed by atoms with Crippen molar-refractivity contribution in [3.05, 3.63) is 28.2 Å². The summed E-state index contributed by atoms with van der Waals surface area (Å²) in [4.78, 5) is 14.4. The molecule has 2 atom stereocenters. The number of carbonyl (C=O) groups is 1. The molecule has 1 aromatic carbocycles. The molecule has 0 saturated carbocycles. The Kier molecular flexibility index (Phi) is 3.50. The van der Waals surface area contributed by atoms with Crippen molar-refractivity contribution in [2.24, 2.45) is 5.92 Å². The average Bonchev–Trinajstić information content (AvgIpc) is 2.46. The van der Waals surface area contributed by atoms with Gasteiger partial charge in [0.1, 0.15) is 0 Å². The number of carbonyl (C=O) groups excluding carboxylic acids is 1. The van der Waals surface area contributed by atoms with Crippen LogP contribution in [0.25, 0.3) is 0 Å². The van der Waals surface area contributed by atoms with Gasteiger partial charge >= 0.3 is 0 Å². The fourth-order valence-electron chi connectivity index (χ4n) is 3.06. The van der Waals surface area contributed by atoms with E-state index in [4.69, 9.17) is 4.74 Å². The van der Waals surface area contributed by atoms with Gasteiger partial charge in [-0.25, -0.2) is 0 Å². The minimum atomic E-state index is -0.0287. The second-order valence-electron chi connectivity index (χ2n) is 5.03. The molecule has 2 unspecified atom stereocenters. The van der Waals surface area contributed by atoms with Crippen molar-refractivity contribution in [2.75, 3.05) is 31.7 Å². The topological polar surface area (TPSA) is 41.6 Å². The van der Waals surface area contributed by atoms with Crippen LogP contribution in [0.15, 0.2) is 22.7 Å². The van der Waals surface area contributed by atoms with E-state index in [-0.39, 0.29) is 17.9 Å². The van der Waals surface area contributed by atoms with Crippen LogP contribution in [0.5, 0.6) is 0 Å². The predicted octanol–water partition coefficient (Wildman–Crippen LogP) is 1.57. The maximum absolute atomic E-state index is 12.1. The second-order valence-corrected chi connectivity index (χ2v) is 5.95. The summed E-state index contributed by atoms with van der Waals surface area (Å²) in [5.74, 6) is 0.0769. The average molecular weight is 325 g/mol. The molecule has 0 radical (unpaired) electrons. The minimum Gasteiger partial charge on any atom is -0.377 e. The zero-order valence-electron chi connectivity index (χ0n) is 10.9. The van der Waals surface area contributed by atoms with Gasteiger partial charge in [0.15, 0.2) is 0 Å². The third kappa shape index (κ3) is 2.25. The third-order valence-corrected chi connectivity index (χ3v) is 4.50. The van der Waals surface area contributed by atoms with E-state index in [1.807, 2.05) is 6.07 Å². The summed E-state index contributed by atoms with van der Waals surface area (Å²) >= 11 is 3.53. The molecule has 2 heterocycles. The predicted molar refractivity (Wildman–Crippen MR) is 77.4 cm³/mol. The van der Waals surface area contributed by atoms with Gasteiger partial charge in [0.05, 0.1) is 25.2 Å². The van der Waals surface area contributed by atoms with Crippen LogP contribution in [0, 0.1) is 5.92 Å². The first kappa shape index (κ1) is 12.9. The van der Waals surface area contributed by atoms with Crippen molar-refractivity contribution in [1.29, 1.82) is 0 Å². The van der Waals surface area contributed by atoms with Crippen LogP contribution >= 0.6 is 15.9 Å². The number of nitrogens with zero attached hydrogens (tertiary/aromatic N) is 1. The highest BCUT2D eigenvalue weighted by molar-refractivity contribution is 9.10. The Labute approximate surface area is 121 Å². The van der Waals surface area contributed by atoms with E-state index < -0.39 is 0 Å². The normalized spacial score (nSPS) is 25.5. The summed E-state index contributed by atoms with van der Waals surface area (Å²) in [6, 6.07) is 6.45. The van der Waals surface area contributed by atoms with E-state index in [1.54, 1.807) is 7.05 Å². The molecular weight excluding hydrogens is 308 g/mol. The lowest BCUT2D eigenvalue weighted by Crippen LogP contribution is -2.56. The van der Waals surface area contributed by atoms with Crippen molar-refractivity contribution >= 4 is 27.5 Å². The van der Waals surface area contributed by atoms with E-state index in [2.05, 4.69) is 38.3 Å². The molecule has 5 heteroatoms. The van der Waals surface area contributed by atoms with Gasteiger partial charge in [0, 0.05) is 23.8 Å². The molecule has 1 amide bonds. The lowest BCUT2D eigenvalue weighted by atomic mass is 9.84. The number of amides is 1. The summed E-state index contributed by atoms with van der Waals surface area (Å²) < 4.78 is 6.65. The van der Waals surface area contributed by atoms with Crippen molar-refractivity contribution in [3.63, 3.8) is 0 Å². The molecule has 0 aromatic heterocycles. The van der Waals surface area contributed by atoms with Crippen molar-refractivity contribution in [2.45, 2.75) is 12.5 Å². The summed E-state index contributed by atoms with van der Waals surface area (Å²) in [5.41, 5.74) is 2.48. The second kappa shape index (κ2) is 5.13. The van der Waals surface area contributed by atoms with Gasteiger partial charge in [0.25, 0.3) is 0 Å². The molecule has 2 aliphatic rings. The van der Waals surface area contributed by atoms with Crippen molar-refractivity contribution in [1.82, 2.24) is 5.32 Å². The van der Waals surface area contributed by atoms with Crippen LogP contribution in [0.2, 0.25) is 0 Å². The van der Waals surface area contributed by atoms with Crippen LogP contribution in [0.1, 0.15) is 5.56 Å². The molecule has 0 aliphatic carbocycles. The van der Waals surface area contributed by atoms with Gasteiger partial charge < -0.3 is 15.0 Å². The van der Waals surface area contributed by atoms with Crippen LogP contribution in [-0.4, -0.2) is 38.8 Å². The quantitative estimate of drug-likeness (QED) is 0.852. The highest BCUT2D eigenvalue weighted by Crippen LogP contribution is 2.37. The van der Waals surface area contributed by atoms with E-state index in [1.165, 1.54) is 11.3 Å². The number of rotatable bonds is 1. The van der Waals surface area contributed by atoms with Crippen molar-refractivity contribution < 1.29 is 9.53 Å². The largest absolute Gasteiger partial charge is 0.377 e. The Hall–Kier alpha value is -1.07. The highest BCUT2D eigenvalue weighted by Gasteiger charge is 2.39. The zero-order chi connectivity index (χ0) is 13.4. The van der Waals surface area contributed by atoms with Gasteiger partial charge in [-0.05, 0) is 24.1 Å². The molecule has 1 N–H and O–H groups in total. The number of hydrogen-bond donors (Lipinski definition) is 1. The summed E-state index contributed by atoms with van der Waals surface area (Å²) in [6.07, 6.45) is 0.785. The SMILES string of the molecule is CNC(=O)C1Cc2ccc(Br)cc2N2CCOCC12. The maximum atomic E-state index is 12.1. The van der Waals surface area contributed by atoms with Gasteiger partial charge in [-0.3, -0.25) is 4.79 Å². The van der Waals surface area contributed by atoms with Crippen LogP contribution in [0.4, 0.5) is 5.69 Å². The van der Waals surface area contributed by atoms with E-state index in [9.17, 15) is 4.79 Å². The lowest BCUT2D eigenvalue weighted by Gasteiger charge is -2.45. The standard InChI is InChI=1S/C14H17BrN2O2/c1-16-14(18)11-6-9-2-3-10(15)7-12(9)17-4-5-19-8-13(11)17/h2-3,7,11,13H,4-6,8H2,1H3,(H,16,18). The number of hydrogen-bond acceptors (Lipinski definition) is 3. The Morgan fingerprint density at radius 2 is 2.37 bits per heavy atom. The van der Waals surface area contributed by atoms with Gasteiger partial charge in [0.2, 0.25) is 5.91 Å². The molecule has 2 aliphatic heterocycles. The molecule has 3 rings (SSSR count). The molecule has 0 bridgehead atoms. The molecule has 0 spiro atoms. The fourth-order valence-corrected chi connectivity index (χ4v) is 3.41. The summed E-state index contributed by atoms with van der Waals surface area (Å²) in [6.45, 7) is 2.20. The third-order valence-electron chi connectivity index (χ3n) is 4.01. The van der Waals surface area contributed by atoms with Crippen LogP contribution in [0.3, 0.4) is 0 Å². The molecular formula is C14H17BrN2O2. The Morgan fingerprint density at radius 1 is 1.53 bits per heavy atom. The maximum Gasteiger partial charge on any atom is 0.225 e. The number of morpholine rings is 1. The van der Waals surface area contributed by atoms with Gasteiger partial charge in [-0.1, -0.05) is 22.0 Å². The Balaban J connectivity index is 2.01. The van der Waals surface area contributed by atoms with Crippen LogP contribution < -0.4 is 10.2 Å². The molecule has 1 aromatic rings. The number of nitrogens with one attached hydrogen (secondary N) is 1. The minimum absolute atomic E-state index is 0.0287. The lowest BCUT2D eigenvalue weighted by molar-refractivity contribution is -0.126. The Bertz CT molecular complexity index is 506. The Morgan fingerprint density at radius 3 is 3.16 bits per heavy atom. The number of benzene rings is 1. The monoisotopic (exact) mass is 324 g/mol. The first-order valence-corrected chi connectivity index (χ1v) is 7.34. The van der Waals surface area contributed by atoms with E-state index in [0.717, 1.165) is 24.0 Å². The fraction of sp³-hybridized carbons (Fsp3) is 0.500. The molecule has 102 valence electrons. The number of ether oxygens (including phenoxy) is 1. The van der Waals surface area contributed by atoms with Crippen LogP contribution in [-0.2, 0) is 16.0 Å². The summed E-state index contributed by atoms with van der Waals surface area (Å²) in [7, 11) is 1.70. The van der Waals surface area contributed by atoms with Crippen molar-refractivity contribution in [3.8, 4) is 0 Å². The molecule has 1 saturated heterocycles. The van der Waals surface area contributed by atoms with Gasteiger partial charge in [-0.2, -0.15) is 0 Å². The first-order chi connectivity index (χ1) is 9.20. The number of anilines is 1. The molecule has 1 fully saturated rings. The summed E-state index contributed by atoms with van der Waals surface area (Å²) in [5, 5.41) is 2.78. The van der Waals surface area contributed by atoms with Gasteiger partial charge in [-0.15, -0.1) is 0 Å². The smallest absolute Gasteiger partial charge is 0.225 e. The number of halogens is 1. The highest BCUT2D eigenvalue weighted by atomic mass is 79.9. The van der Waals surface area contributed by atoms with E-state index >= 15 is 0 Å². The van der Waals surface area contributed by atoms with E-state index in [0.29, 0.717) is 6.61 Å². The molecule has 19 heavy (non-hydrogen) atoms. The molecule has 4 nitrogen and oxygen atoms in total. The zero-order valence-corrected chi connectivity index (χ0v) is 12.4.